The van der Waals surface area contributed by atoms with E-state index in [0.717, 1.165) is 35.8 Å². The minimum atomic E-state index is -0.119. The lowest BCUT2D eigenvalue weighted by molar-refractivity contribution is -0.115. The minimum absolute atomic E-state index is 0.0985. The molecule has 1 unspecified atom stereocenters. The largest absolute Gasteiger partial charge is 0.504 e. The summed E-state index contributed by atoms with van der Waals surface area (Å²) in [6.07, 6.45) is 5.03. The number of hydrogen-bond donors (Lipinski definition) is 3. The van der Waals surface area contributed by atoms with Crippen molar-refractivity contribution in [1.82, 2.24) is 5.32 Å². The highest BCUT2D eigenvalue weighted by Crippen LogP contribution is 2.36. The fourth-order valence-electron chi connectivity index (χ4n) is 3.33. The van der Waals surface area contributed by atoms with Gasteiger partial charge in [-0.2, -0.15) is 0 Å². The molecule has 1 aliphatic carbocycles. The van der Waals surface area contributed by atoms with E-state index in [4.69, 9.17) is 0 Å². The zero-order valence-electron chi connectivity index (χ0n) is 11.6. The Morgan fingerprint density at radius 2 is 2.00 bits per heavy atom. The number of hydrogen-bond acceptors (Lipinski definition) is 4. The summed E-state index contributed by atoms with van der Waals surface area (Å²) in [5.41, 5.74) is 2.22. The maximum atomic E-state index is 11.6. The van der Waals surface area contributed by atoms with Crippen LogP contribution in [0.25, 0.3) is 0 Å². The second-order valence-electron chi connectivity index (χ2n) is 5.78. The van der Waals surface area contributed by atoms with Gasteiger partial charge in [0, 0.05) is 16.9 Å². The van der Waals surface area contributed by atoms with E-state index in [-0.39, 0.29) is 23.3 Å². The van der Waals surface area contributed by atoms with E-state index < -0.39 is 0 Å². The highest BCUT2D eigenvalue weighted by atomic mass is 79.9. The average molecular weight is 352 g/mol. The predicted octanol–water partition coefficient (Wildman–Crippen LogP) is 2.67. The molecule has 0 spiro atoms. The molecule has 1 fully saturated rings. The molecule has 3 rings (SSSR count). The van der Waals surface area contributed by atoms with Gasteiger partial charge in [0.15, 0.2) is 17.3 Å². The zero-order chi connectivity index (χ0) is 15.0. The van der Waals surface area contributed by atoms with Crippen molar-refractivity contribution in [3.05, 3.63) is 33.8 Å². The minimum Gasteiger partial charge on any atom is -0.504 e. The fraction of sp³-hybridized carbons (Fsp3) is 0.438. The number of nitrogens with one attached hydrogen (secondary N) is 1. The Morgan fingerprint density at radius 1 is 1.24 bits per heavy atom. The summed E-state index contributed by atoms with van der Waals surface area (Å²) in [6, 6.07) is 3.39. The van der Waals surface area contributed by atoms with Crippen LogP contribution in [0.3, 0.4) is 0 Å². The van der Waals surface area contributed by atoms with Crippen molar-refractivity contribution in [3.63, 3.8) is 0 Å². The van der Waals surface area contributed by atoms with Crippen molar-refractivity contribution in [3.8, 4) is 11.5 Å². The number of fused-ring (bicyclic) bond motifs is 1. The molecular formula is C16H18BrNO3. The molecule has 2 aliphatic rings. The molecule has 0 aromatic heterocycles. The smallest absolute Gasteiger partial charge is 0.158 e. The van der Waals surface area contributed by atoms with E-state index in [9.17, 15) is 15.0 Å². The normalized spacial score (nSPS) is 25.4. The van der Waals surface area contributed by atoms with Crippen LogP contribution in [-0.2, 0) is 11.2 Å². The molecule has 1 heterocycles. The second kappa shape index (κ2) is 5.81. The van der Waals surface area contributed by atoms with E-state index in [1.54, 1.807) is 6.07 Å². The van der Waals surface area contributed by atoms with E-state index >= 15 is 0 Å². The summed E-state index contributed by atoms with van der Waals surface area (Å²) in [7, 11) is 0. The number of phenolic OH excluding ortho intramolecular Hbond substituents is 2. The first kappa shape index (κ1) is 14.6. The Labute approximate surface area is 132 Å². The van der Waals surface area contributed by atoms with E-state index in [0.29, 0.717) is 12.3 Å². The number of carbonyl (C=O) groups is 1. The number of benzene rings is 1. The van der Waals surface area contributed by atoms with Crippen LogP contribution in [0.1, 0.15) is 24.8 Å². The molecule has 2 atom stereocenters. The lowest BCUT2D eigenvalue weighted by Gasteiger charge is -2.37. The van der Waals surface area contributed by atoms with Crippen LogP contribution >= 0.6 is 15.9 Å². The van der Waals surface area contributed by atoms with Crippen LogP contribution in [0.4, 0.5) is 0 Å². The number of phenols is 2. The molecule has 112 valence electrons. The molecule has 1 aliphatic heterocycles. The topological polar surface area (TPSA) is 69.6 Å². The molecule has 1 aromatic carbocycles. The fourth-order valence-corrected chi connectivity index (χ4v) is 3.83. The third-order valence-electron chi connectivity index (χ3n) is 4.41. The molecule has 1 aromatic rings. The van der Waals surface area contributed by atoms with Gasteiger partial charge in [-0.3, -0.25) is 4.79 Å². The van der Waals surface area contributed by atoms with Crippen molar-refractivity contribution in [2.75, 3.05) is 6.54 Å². The number of piperidine rings is 1. The van der Waals surface area contributed by atoms with Gasteiger partial charge in [-0.15, -0.1) is 0 Å². The Bertz CT molecular complexity index is 612. The molecule has 0 amide bonds. The van der Waals surface area contributed by atoms with Crippen molar-refractivity contribution in [2.45, 2.75) is 31.7 Å². The Hall–Kier alpha value is -1.33. The maximum Gasteiger partial charge on any atom is 0.158 e. The van der Waals surface area contributed by atoms with Crippen LogP contribution in [0.15, 0.2) is 28.3 Å². The van der Waals surface area contributed by atoms with Gasteiger partial charge < -0.3 is 15.5 Å². The Balaban J connectivity index is 1.83. The summed E-state index contributed by atoms with van der Waals surface area (Å²) >= 11 is 3.44. The molecule has 5 heteroatoms. The first-order chi connectivity index (χ1) is 10.0. The van der Waals surface area contributed by atoms with Crippen LogP contribution in [0, 0.1) is 5.92 Å². The first-order valence-electron chi connectivity index (χ1n) is 7.21. The van der Waals surface area contributed by atoms with Gasteiger partial charge in [-0.1, -0.05) is 21.5 Å². The standard InChI is InChI=1S/C16H18BrNO3/c17-13-8-16(21)15(20)7-10(13)6-14-12-2-1-11(19)5-9(12)3-4-18-14/h5,7-8,12,14,18,20-21H,1-4,6H2/t12?,14-/m1/s1. The van der Waals surface area contributed by atoms with Crippen molar-refractivity contribution in [1.29, 1.82) is 0 Å². The van der Waals surface area contributed by atoms with E-state index in [1.807, 2.05) is 6.08 Å². The third-order valence-corrected chi connectivity index (χ3v) is 5.15. The zero-order valence-corrected chi connectivity index (χ0v) is 13.2. The highest BCUT2D eigenvalue weighted by molar-refractivity contribution is 9.10. The Morgan fingerprint density at radius 3 is 2.81 bits per heavy atom. The molecule has 0 saturated carbocycles. The SMILES string of the molecule is O=C1C=C2CCN[C@H](Cc3cc(O)c(O)cc3Br)C2CC1. The molecule has 3 N–H and O–H groups in total. The number of rotatable bonds is 2. The van der Waals surface area contributed by atoms with Gasteiger partial charge in [0.1, 0.15) is 0 Å². The summed E-state index contributed by atoms with van der Waals surface area (Å²) in [5, 5.41) is 22.7. The summed E-state index contributed by atoms with van der Waals surface area (Å²) in [6.45, 7) is 0.877. The number of ketones is 1. The predicted molar refractivity (Wildman–Crippen MR) is 83.4 cm³/mol. The van der Waals surface area contributed by atoms with Crippen LogP contribution in [0.2, 0.25) is 0 Å². The molecule has 0 radical (unpaired) electrons. The molecule has 1 saturated heterocycles. The number of aromatic hydroxyl groups is 2. The van der Waals surface area contributed by atoms with Crippen LogP contribution in [0.5, 0.6) is 11.5 Å². The highest BCUT2D eigenvalue weighted by Gasteiger charge is 2.32. The molecule has 21 heavy (non-hydrogen) atoms. The summed E-state index contributed by atoms with van der Waals surface area (Å²) in [5.74, 6) is 0.411. The van der Waals surface area contributed by atoms with Crippen molar-refractivity contribution >= 4 is 21.7 Å². The second-order valence-corrected chi connectivity index (χ2v) is 6.63. The molecule has 4 nitrogen and oxygen atoms in total. The van der Waals surface area contributed by atoms with E-state index in [1.165, 1.54) is 11.6 Å². The van der Waals surface area contributed by atoms with Crippen molar-refractivity contribution in [2.24, 2.45) is 5.92 Å². The molecular weight excluding hydrogens is 334 g/mol. The quantitative estimate of drug-likeness (QED) is 0.716. The number of allylic oxidation sites excluding steroid dienone is 1. The van der Waals surface area contributed by atoms with Crippen LogP contribution in [-0.4, -0.2) is 28.6 Å². The molecule has 0 bridgehead atoms. The first-order valence-corrected chi connectivity index (χ1v) is 8.01. The van der Waals surface area contributed by atoms with Gasteiger partial charge in [-0.25, -0.2) is 0 Å². The average Bonchev–Trinajstić information content (AvgIpc) is 2.44. The van der Waals surface area contributed by atoms with Gasteiger partial charge in [0.25, 0.3) is 0 Å². The van der Waals surface area contributed by atoms with Gasteiger partial charge in [0.2, 0.25) is 0 Å². The summed E-state index contributed by atoms with van der Waals surface area (Å²) < 4.78 is 0.794. The van der Waals surface area contributed by atoms with Crippen LogP contribution < -0.4 is 5.32 Å². The van der Waals surface area contributed by atoms with Gasteiger partial charge in [-0.05, 0) is 55.5 Å². The van der Waals surface area contributed by atoms with Gasteiger partial charge in [0.05, 0.1) is 0 Å². The number of carbonyl (C=O) groups excluding carboxylic acids is 1. The van der Waals surface area contributed by atoms with Gasteiger partial charge >= 0.3 is 0 Å². The van der Waals surface area contributed by atoms with Crippen molar-refractivity contribution < 1.29 is 15.0 Å². The third kappa shape index (κ3) is 2.99. The number of halogens is 1. The Kier molecular flexibility index (Phi) is 4.04. The lowest BCUT2D eigenvalue weighted by Crippen LogP contribution is -2.45. The lowest BCUT2D eigenvalue weighted by atomic mass is 9.76. The monoisotopic (exact) mass is 351 g/mol. The maximum absolute atomic E-state index is 11.6. The van der Waals surface area contributed by atoms with E-state index in [2.05, 4.69) is 21.2 Å². The summed E-state index contributed by atoms with van der Waals surface area (Å²) in [4.78, 5) is 11.6.